The van der Waals surface area contributed by atoms with E-state index in [2.05, 4.69) is 4.74 Å². The van der Waals surface area contributed by atoms with E-state index < -0.39 is 59.0 Å². The van der Waals surface area contributed by atoms with E-state index >= 15 is 0 Å². The van der Waals surface area contributed by atoms with Crippen molar-refractivity contribution in [2.45, 2.75) is 12.8 Å². The van der Waals surface area contributed by atoms with Crippen LogP contribution in [0.4, 0.5) is 22.0 Å². The molecule has 1 aromatic carbocycles. The number of esters is 1. The van der Waals surface area contributed by atoms with Gasteiger partial charge in [0.05, 0.1) is 0 Å². The second kappa shape index (κ2) is 6.77. The van der Waals surface area contributed by atoms with Crippen LogP contribution in [0.25, 0.3) is 0 Å². The van der Waals surface area contributed by atoms with Crippen molar-refractivity contribution in [2.24, 2.45) is 0 Å². The van der Waals surface area contributed by atoms with Crippen LogP contribution in [0.2, 0.25) is 0 Å². The van der Waals surface area contributed by atoms with Gasteiger partial charge in [-0.15, -0.1) is 0 Å². The predicted molar refractivity (Wildman–Crippen MR) is 67.0 cm³/mol. The molecule has 0 saturated heterocycles. The summed E-state index contributed by atoms with van der Waals surface area (Å²) in [5, 5.41) is 0. The van der Waals surface area contributed by atoms with Gasteiger partial charge in [0.1, 0.15) is 0 Å². The number of imide groups is 1. The molecule has 0 bridgehead atoms. The minimum absolute atomic E-state index is 0.118. The topological polar surface area (TPSA) is 63.7 Å². The van der Waals surface area contributed by atoms with Gasteiger partial charge in [-0.2, -0.15) is 8.78 Å². The molecular formula is C14H8F5NO4. The van der Waals surface area contributed by atoms with E-state index in [1.54, 1.807) is 0 Å². The average Bonchev–Trinajstić information content (AvgIpc) is 2.87. The smallest absolute Gasteiger partial charge is 0.311 e. The lowest BCUT2D eigenvalue weighted by atomic mass is 10.2. The zero-order valence-electron chi connectivity index (χ0n) is 11.7. The van der Waals surface area contributed by atoms with Crippen LogP contribution >= 0.6 is 0 Å². The van der Waals surface area contributed by atoms with Gasteiger partial charge in [-0.25, -0.2) is 13.2 Å². The molecule has 5 nitrogen and oxygen atoms in total. The molecule has 0 spiro atoms. The summed E-state index contributed by atoms with van der Waals surface area (Å²) in [6.45, 7) is -0.170. The quantitative estimate of drug-likeness (QED) is 0.204. The van der Waals surface area contributed by atoms with Crippen LogP contribution in [0.1, 0.15) is 12.8 Å². The van der Waals surface area contributed by atoms with Crippen molar-refractivity contribution in [1.29, 1.82) is 0 Å². The highest BCUT2D eigenvalue weighted by Crippen LogP contribution is 2.29. The number of carbonyl (C=O) groups is 3. The molecule has 0 saturated carbocycles. The summed E-state index contributed by atoms with van der Waals surface area (Å²) < 4.78 is 69.6. The van der Waals surface area contributed by atoms with Crippen molar-refractivity contribution in [1.82, 2.24) is 4.90 Å². The molecule has 10 heteroatoms. The number of amides is 2. The van der Waals surface area contributed by atoms with Gasteiger partial charge in [-0.05, 0) is 6.42 Å². The third-order valence-corrected chi connectivity index (χ3v) is 3.05. The summed E-state index contributed by atoms with van der Waals surface area (Å²) in [5.74, 6) is -15.6. The van der Waals surface area contributed by atoms with Crippen LogP contribution in [-0.2, 0) is 14.4 Å². The summed E-state index contributed by atoms with van der Waals surface area (Å²) in [4.78, 5) is 34.7. The van der Waals surface area contributed by atoms with E-state index in [9.17, 15) is 36.3 Å². The fourth-order valence-corrected chi connectivity index (χ4v) is 1.87. The molecule has 1 heterocycles. The molecular weight excluding hydrogens is 341 g/mol. The van der Waals surface area contributed by atoms with Gasteiger partial charge in [-0.1, -0.05) is 0 Å². The van der Waals surface area contributed by atoms with Gasteiger partial charge < -0.3 is 4.74 Å². The third kappa shape index (κ3) is 3.26. The van der Waals surface area contributed by atoms with Gasteiger partial charge in [0.2, 0.25) is 34.8 Å². The summed E-state index contributed by atoms with van der Waals surface area (Å²) in [6.07, 6.45) is 1.41. The lowest BCUT2D eigenvalue weighted by Gasteiger charge is -2.13. The second-order valence-electron chi connectivity index (χ2n) is 4.64. The molecule has 1 aliphatic rings. The number of halogens is 5. The van der Waals surface area contributed by atoms with Crippen molar-refractivity contribution in [3.63, 3.8) is 0 Å². The Labute approximate surface area is 131 Å². The molecule has 1 aliphatic heterocycles. The fraction of sp³-hybridized carbons (Fsp3) is 0.214. The maximum atomic E-state index is 13.3. The third-order valence-electron chi connectivity index (χ3n) is 3.05. The van der Waals surface area contributed by atoms with Crippen molar-refractivity contribution >= 4 is 17.8 Å². The molecule has 0 unspecified atom stereocenters. The first-order valence-corrected chi connectivity index (χ1v) is 6.49. The highest BCUT2D eigenvalue weighted by atomic mass is 19.2. The number of hydrogen-bond donors (Lipinski definition) is 0. The largest absolute Gasteiger partial charge is 0.420 e. The number of carbonyl (C=O) groups excluding carboxylic acids is 3. The van der Waals surface area contributed by atoms with E-state index in [1.165, 1.54) is 0 Å². The number of ether oxygens (including phenoxy) is 1. The highest BCUT2D eigenvalue weighted by molar-refractivity contribution is 6.12. The number of benzene rings is 1. The maximum Gasteiger partial charge on any atom is 0.311 e. The van der Waals surface area contributed by atoms with Crippen LogP contribution in [0.5, 0.6) is 5.75 Å². The van der Waals surface area contributed by atoms with Gasteiger partial charge in [0, 0.05) is 25.1 Å². The molecule has 0 radical (unpaired) electrons. The summed E-state index contributed by atoms with van der Waals surface area (Å²) in [7, 11) is 0. The Hall–Kier alpha value is -2.78. The van der Waals surface area contributed by atoms with Crippen molar-refractivity contribution in [3.8, 4) is 5.75 Å². The van der Waals surface area contributed by atoms with Crippen molar-refractivity contribution < 1.29 is 41.1 Å². The van der Waals surface area contributed by atoms with Crippen molar-refractivity contribution in [2.75, 3.05) is 6.54 Å². The highest BCUT2D eigenvalue weighted by Gasteiger charge is 2.29. The van der Waals surface area contributed by atoms with E-state index in [4.69, 9.17) is 0 Å². The molecule has 0 atom stereocenters. The number of nitrogens with zero attached hydrogens (tertiary/aromatic N) is 1. The lowest BCUT2D eigenvalue weighted by Crippen LogP contribution is -2.31. The Morgan fingerprint density at radius 2 is 1.33 bits per heavy atom. The zero-order chi connectivity index (χ0) is 18.0. The molecule has 128 valence electrons. The van der Waals surface area contributed by atoms with E-state index in [-0.39, 0.29) is 13.0 Å². The van der Waals surface area contributed by atoms with E-state index in [1.807, 2.05) is 0 Å². The van der Waals surface area contributed by atoms with Crippen molar-refractivity contribution in [3.05, 3.63) is 41.2 Å². The normalized spacial score (nSPS) is 13.8. The Kier molecular flexibility index (Phi) is 4.96. The van der Waals surface area contributed by atoms with Crippen LogP contribution in [0, 0.1) is 29.1 Å². The summed E-state index contributed by atoms with van der Waals surface area (Å²) >= 11 is 0. The zero-order valence-corrected chi connectivity index (χ0v) is 11.7. The minimum atomic E-state index is -2.37. The van der Waals surface area contributed by atoms with Gasteiger partial charge >= 0.3 is 5.97 Å². The van der Waals surface area contributed by atoms with E-state index in [0.29, 0.717) is 0 Å². The Balaban J connectivity index is 1.98. The summed E-state index contributed by atoms with van der Waals surface area (Å²) in [6, 6.07) is 0. The minimum Gasteiger partial charge on any atom is -0.420 e. The Morgan fingerprint density at radius 3 is 1.83 bits per heavy atom. The van der Waals surface area contributed by atoms with Crippen LogP contribution < -0.4 is 4.74 Å². The SMILES string of the molecule is O=C(CCCN1C(=O)C=CC1=O)Oc1c(F)c(F)c(F)c(F)c1F. The molecule has 2 amide bonds. The monoisotopic (exact) mass is 349 g/mol. The first-order valence-electron chi connectivity index (χ1n) is 6.49. The molecule has 1 aromatic rings. The Bertz CT molecular complexity index is 715. The van der Waals surface area contributed by atoms with Gasteiger partial charge in [0.15, 0.2) is 0 Å². The first kappa shape index (κ1) is 17.6. The molecule has 24 heavy (non-hydrogen) atoms. The molecule has 0 N–H and O–H groups in total. The Morgan fingerprint density at radius 1 is 0.875 bits per heavy atom. The number of rotatable bonds is 5. The van der Waals surface area contributed by atoms with Crippen LogP contribution in [0.15, 0.2) is 12.2 Å². The maximum absolute atomic E-state index is 13.3. The lowest BCUT2D eigenvalue weighted by molar-refractivity contribution is -0.139. The summed E-state index contributed by atoms with van der Waals surface area (Å²) in [5.41, 5.74) is 0. The second-order valence-corrected chi connectivity index (χ2v) is 4.64. The molecule has 2 rings (SSSR count). The molecule has 0 aromatic heterocycles. The van der Waals surface area contributed by atoms with Gasteiger partial charge in [-0.3, -0.25) is 19.3 Å². The van der Waals surface area contributed by atoms with Crippen LogP contribution in [-0.4, -0.2) is 29.2 Å². The molecule has 0 fully saturated rings. The standard InChI is InChI=1S/C14H8F5NO4/c15-9-10(16)12(18)14(13(19)11(9)17)24-8(23)2-1-5-20-6(21)3-4-7(20)22/h3-4H,1-2,5H2. The van der Waals surface area contributed by atoms with Gasteiger partial charge in [0.25, 0.3) is 11.8 Å². The average molecular weight is 349 g/mol. The number of hydrogen-bond acceptors (Lipinski definition) is 4. The van der Waals surface area contributed by atoms with E-state index in [0.717, 1.165) is 17.1 Å². The first-order chi connectivity index (χ1) is 11.2. The molecule has 0 aliphatic carbocycles. The fourth-order valence-electron chi connectivity index (χ4n) is 1.87. The predicted octanol–water partition coefficient (Wildman–Crippen LogP) is 1.99. The van der Waals surface area contributed by atoms with Crippen LogP contribution in [0.3, 0.4) is 0 Å².